The molecule has 0 atom stereocenters. The second-order valence-corrected chi connectivity index (χ2v) is 8.82. The molecule has 0 aromatic carbocycles. The first kappa shape index (κ1) is 59.2. The second kappa shape index (κ2) is 78.8. The number of carbonyl (C=O) groups is 5. The molecule has 0 bridgehead atoms. The number of carboxylic acids is 1. The molecule has 0 unspecified atom stereocenters. The van der Waals surface area contributed by atoms with Crippen molar-refractivity contribution in [2.24, 2.45) is 5.73 Å². The molecule has 0 spiro atoms. The Bertz CT molecular complexity index is 488. The maximum Gasteiger partial charge on any atom is 0.303 e. The number of aldehydes is 3. The van der Waals surface area contributed by atoms with Crippen LogP contribution in [0.15, 0.2) is 0 Å². The number of likely N-dealkylation sites (N-methyl/N-ethyl adjacent to an activating group) is 2. The van der Waals surface area contributed by atoms with E-state index in [-0.39, 0.29) is 19.4 Å². The van der Waals surface area contributed by atoms with Crippen LogP contribution in [0.3, 0.4) is 0 Å². The molecular formula is C33H73N3O10. The number of aliphatic hydroxyl groups excluding tert-OH is 2. The molecular weight excluding hydrogens is 598 g/mol. The normalized spacial score (nSPS) is 8.70. The van der Waals surface area contributed by atoms with Crippen LogP contribution in [0.5, 0.6) is 0 Å². The van der Waals surface area contributed by atoms with Crippen molar-refractivity contribution in [1.29, 1.82) is 0 Å². The first-order valence-electron chi connectivity index (χ1n) is 16.6. The van der Waals surface area contributed by atoms with Crippen LogP contribution in [0, 0.1) is 0 Å². The van der Waals surface area contributed by atoms with Crippen molar-refractivity contribution in [3.05, 3.63) is 0 Å². The first-order chi connectivity index (χ1) is 22.4. The molecule has 0 aliphatic heterocycles. The van der Waals surface area contributed by atoms with E-state index in [1.54, 1.807) is 6.92 Å². The fraction of sp³-hybridized carbons (Fsp3) is 0.848. The molecule has 13 nitrogen and oxygen atoms in total. The molecule has 0 aliphatic rings. The lowest BCUT2D eigenvalue weighted by Crippen LogP contribution is -2.18. The summed E-state index contributed by atoms with van der Waals surface area (Å²) in [7, 11) is 4.82. The lowest BCUT2D eigenvalue weighted by molar-refractivity contribution is -0.136. The van der Waals surface area contributed by atoms with Crippen molar-refractivity contribution < 1.29 is 48.8 Å². The van der Waals surface area contributed by atoms with E-state index in [4.69, 9.17) is 34.4 Å². The number of primary amides is 1. The summed E-state index contributed by atoms with van der Waals surface area (Å²) in [6.07, 6.45) is 19.7. The van der Waals surface area contributed by atoms with Gasteiger partial charge in [-0.1, -0.05) is 85.0 Å². The molecule has 0 aromatic rings. The fourth-order valence-electron chi connectivity index (χ4n) is 2.89. The Morgan fingerprint density at radius 2 is 0.870 bits per heavy atom. The zero-order chi connectivity index (χ0) is 36.8. The number of nitrogens with two attached hydrogens (primary N) is 1. The summed E-state index contributed by atoms with van der Waals surface area (Å²) in [5.74, 6) is -0.745. The lowest BCUT2D eigenvalue weighted by atomic mass is 10.0. The van der Waals surface area contributed by atoms with Crippen molar-refractivity contribution in [3.8, 4) is 0 Å². The van der Waals surface area contributed by atoms with Gasteiger partial charge in [0.05, 0.1) is 33.0 Å². The van der Waals surface area contributed by atoms with E-state index >= 15 is 0 Å². The Morgan fingerprint density at radius 3 is 1.04 bits per heavy atom. The third kappa shape index (κ3) is 113. The van der Waals surface area contributed by atoms with Crippen molar-refractivity contribution in [2.75, 3.05) is 67.3 Å². The van der Waals surface area contributed by atoms with Gasteiger partial charge >= 0.3 is 5.97 Å². The highest BCUT2D eigenvalue weighted by Crippen LogP contribution is 2.12. The van der Waals surface area contributed by atoms with Gasteiger partial charge in [-0.05, 0) is 26.9 Å². The van der Waals surface area contributed by atoms with Gasteiger partial charge in [0, 0.05) is 39.5 Å². The standard InChI is InChI=1S/C16H30O2.C8H20N2O2.C3H6O2.C2H4O2.C2H6.CH3NO.CH4O/c17-15-13-11-9-7-5-3-1-2-4-6-8-10-12-14-16-18;1-9-3-5-11-7-8-12-6-4-10-2;1-2-3(4)5;3-1-2-4;1-2;2-1-3;1-2/h15-16H,1-14H2;9-10H,3-8H2,1-2H3;2H2,1H3,(H,4,5);1,4H,2H2;1-2H3;1H,(H2,2,3);2H,1H3. The van der Waals surface area contributed by atoms with Gasteiger partial charge in [0.1, 0.15) is 18.9 Å². The number of amides is 1. The summed E-state index contributed by atoms with van der Waals surface area (Å²) in [4.78, 5) is 47.1. The summed E-state index contributed by atoms with van der Waals surface area (Å²) < 4.78 is 10.5. The van der Waals surface area contributed by atoms with Crippen LogP contribution >= 0.6 is 0 Å². The number of unbranched alkanes of at least 4 members (excludes halogenated alkanes) is 13. The molecule has 0 heterocycles. The third-order valence-electron chi connectivity index (χ3n) is 5.14. The van der Waals surface area contributed by atoms with E-state index in [9.17, 15) is 14.4 Å². The zero-order valence-electron chi connectivity index (χ0n) is 30.1. The first-order valence-corrected chi connectivity index (χ1v) is 16.6. The maximum absolute atomic E-state index is 10.1. The van der Waals surface area contributed by atoms with Crippen LogP contribution in [0.1, 0.15) is 117 Å². The summed E-state index contributed by atoms with van der Waals surface area (Å²) in [5, 5.41) is 28.2. The topological polar surface area (TPSA) is 215 Å². The molecule has 13 heteroatoms. The number of carboxylic acid groups (broad SMARTS) is 1. The van der Waals surface area contributed by atoms with Crippen LogP contribution in [0.4, 0.5) is 0 Å². The van der Waals surface area contributed by atoms with Gasteiger partial charge in [-0.25, -0.2) is 0 Å². The van der Waals surface area contributed by atoms with Crippen LogP contribution in [0.2, 0.25) is 0 Å². The van der Waals surface area contributed by atoms with E-state index in [0.717, 1.165) is 71.7 Å². The number of aliphatic carboxylic acids is 1. The summed E-state index contributed by atoms with van der Waals surface area (Å²) in [6.45, 7) is 9.92. The van der Waals surface area contributed by atoms with Crippen molar-refractivity contribution in [1.82, 2.24) is 10.6 Å². The minimum Gasteiger partial charge on any atom is -0.481 e. The molecule has 46 heavy (non-hydrogen) atoms. The zero-order valence-corrected chi connectivity index (χ0v) is 30.1. The van der Waals surface area contributed by atoms with Gasteiger partial charge in [0.25, 0.3) is 0 Å². The second-order valence-electron chi connectivity index (χ2n) is 8.82. The average Bonchev–Trinajstić information content (AvgIpc) is 3.09. The summed E-state index contributed by atoms with van der Waals surface area (Å²) in [6, 6.07) is 0. The Morgan fingerprint density at radius 1 is 0.630 bits per heavy atom. The number of hydrogen-bond acceptors (Lipinski definition) is 11. The number of aliphatic hydroxyl groups is 2. The van der Waals surface area contributed by atoms with E-state index in [2.05, 4.69) is 16.4 Å². The van der Waals surface area contributed by atoms with E-state index < -0.39 is 5.97 Å². The quantitative estimate of drug-likeness (QED) is 0.0574. The van der Waals surface area contributed by atoms with Gasteiger partial charge in [-0.2, -0.15) is 0 Å². The van der Waals surface area contributed by atoms with Crippen LogP contribution in [-0.4, -0.2) is 114 Å². The van der Waals surface area contributed by atoms with Crippen LogP contribution < -0.4 is 16.4 Å². The average molecular weight is 672 g/mol. The van der Waals surface area contributed by atoms with Crippen molar-refractivity contribution in [3.63, 3.8) is 0 Å². The van der Waals surface area contributed by atoms with Crippen molar-refractivity contribution >= 4 is 31.2 Å². The minimum atomic E-state index is -0.745. The highest BCUT2D eigenvalue weighted by Gasteiger charge is 1.94. The molecule has 280 valence electrons. The van der Waals surface area contributed by atoms with Gasteiger partial charge < -0.3 is 55.5 Å². The molecule has 0 saturated carbocycles. The lowest BCUT2D eigenvalue weighted by Gasteiger charge is -2.04. The van der Waals surface area contributed by atoms with E-state index in [1.165, 1.54) is 64.2 Å². The Hall–Kier alpha value is -2.29. The molecule has 0 radical (unpaired) electrons. The summed E-state index contributed by atoms with van der Waals surface area (Å²) >= 11 is 0. The number of rotatable bonds is 26. The molecule has 0 aromatic heterocycles. The SMILES string of the molecule is CC.CCC(=O)O.CNCCOCCOCCNC.CO.NC=O.O=CCCCCCCCCCCCCCCC=O.O=CCO. The number of hydrogen-bond donors (Lipinski definition) is 6. The number of nitrogens with one attached hydrogen (secondary N) is 2. The van der Waals surface area contributed by atoms with Crippen LogP contribution in [0.25, 0.3) is 0 Å². The molecule has 0 rings (SSSR count). The Balaban J connectivity index is -0.0000000929. The Kier molecular flexibility index (Phi) is 101. The predicted octanol–water partition coefficient (Wildman–Crippen LogP) is 3.70. The van der Waals surface area contributed by atoms with Gasteiger partial charge in [-0.15, -0.1) is 0 Å². The monoisotopic (exact) mass is 672 g/mol. The van der Waals surface area contributed by atoms with E-state index in [1.807, 2.05) is 27.9 Å². The number of carbonyl (C=O) groups excluding carboxylic acids is 4. The van der Waals surface area contributed by atoms with E-state index in [0.29, 0.717) is 19.5 Å². The molecule has 7 N–H and O–H groups in total. The van der Waals surface area contributed by atoms with Gasteiger partial charge in [0.15, 0.2) is 0 Å². The largest absolute Gasteiger partial charge is 0.481 e. The molecule has 0 aliphatic carbocycles. The molecule has 0 fully saturated rings. The van der Waals surface area contributed by atoms with Crippen LogP contribution in [-0.2, 0) is 33.4 Å². The molecule has 1 amide bonds. The van der Waals surface area contributed by atoms with Gasteiger partial charge in [0.2, 0.25) is 6.41 Å². The smallest absolute Gasteiger partial charge is 0.303 e. The maximum atomic E-state index is 10.1. The fourth-order valence-corrected chi connectivity index (χ4v) is 2.89. The third-order valence-corrected chi connectivity index (χ3v) is 5.14. The Labute approximate surface area is 280 Å². The predicted molar refractivity (Wildman–Crippen MR) is 187 cm³/mol. The van der Waals surface area contributed by atoms with Crippen molar-refractivity contribution in [2.45, 2.75) is 117 Å². The highest BCUT2D eigenvalue weighted by atomic mass is 16.5. The highest BCUT2D eigenvalue weighted by molar-refractivity contribution is 5.66. The van der Waals surface area contributed by atoms with Gasteiger partial charge in [-0.3, -0.25) is 9.59 Å². The molecule has 0 saturated heterocycles. The minimum absolute atomic E-state index is 0.222. The summed E-state index contributed by atoms with van der Waals surface area (Å²) in [5.41, 5.74) is 4.17. The number of ether oxygens (including phenoxy) is 2.